The molecule has 122 valence electrons. The number of carbonyl (C=O) groups excluding carboxylic acids is 1. The fourth-order valence-corrected chi connectivity index (χ4v) is 2.46. The highest BCUT2D eigenvalue weighted by Crippen LogP contribution is 2.35. The van der Waals surface area contributed by atoms with E-state index in [1.54, 1.807) is 7.11 Å². The first-order valence-electron chi connectivity index (χ1n) is 7.55. The summed E-state index contributed by atoms with van der Waals surface area (Å²) in [5.74, 6) is 0.571. The number of amides is 1. The molecule has 5 heteroatoms. The molecule has 23 heavy (non-hydrogen) atoms. The van der Waals surface area contributed by atoms with Crippen LogP contribution in [0.1, 0.15) is 48.0 Å². The van der Waals surface area contributed by atoms with Crippen molar-refractivity contribution in [3.8, 4) is 5.75 Å². The van der Waals surface area contributed by atoms with Crippen molar-refractivity contribution < 1.29 is 9.53 Å². The molecule has 2 rings (SSSR count). The van der Waals surface area contributed by atoms with Gasteiger partial charge in [0, 0.05) is 30.1 Å². The first-order valence-corrected chi connectivity index (χ1v) is 7.55. The monoisotopic (exact) mass is 313 g/mol. The molecule has 5 nitrogen and oxygen atoms in total. The SMILES string of the molecule is COc1c(CNC(=O)c2cnccn2)cc(C)cc1C(C)(C)C. The van der Waals surface area contributed by atoms with Gasteiger partial charge < -0.3 is 10.1 Å². The zero-order valence-electron chi connectivity index (χ0n) is 14.3. The highest BCUT2D eigenvalue weighted by atomic mass is 16.5. The summed E-state index contributed by atoms with van der Waals surface area (Å²) in [7, 11) is 1.66. The molecule has 0 bridgehead atoms. The largest absolute Gasteiger partial charge is 0.496 e. The van der Waals surface area contributed by atoms with Crippen LogP contribution in [0.4, 0.5) is 0 Å². The highest BCUT2D eigenvalue weighted by molar-refractivity contribution is 5.91. The van der Waals surface area contributed by atoms with Crippen molar-refractivity contribution in [2.24, 2.45) is 0 Å². The molecule has 0 fully saturated rings. The zero-order valence-corrected chi connectivity index (χ0v) is 14.3. The summed E-state index contributed by atoms with van der Waals surface area (Å²) in [6, 6.07) is 4.16. The maximum Gasteiger partial charge on any atom is 0.271 e. The lowest BCUT2D eigenvalue weighted by molar-refractivity contribution is 0.0945. The van der Waals surface area contributed by atoms with Crippen LogP contribution in [0, 0.1) is 6.92 Å². The smallest absolute Gasteiger partial charge is 0.271 e. The van der Waals surface area contributed by atoms with Gasteiger partial charge in [0.2, 0.25) is 0 Å². The molecule has 0 aliphatic rings. The van der Waals surface area contributed by atoms with Crippen molar-refractivity contribution in [2.45, 2.75) is 39.7 Å². The Kier molecular flexibility index (Phi) is 4.98. The number of hydrogen-bond donors (Lipinski definition) is 1. The summed E-state index contributed by atoms with van der Waals surface area (Å²) in [6.45, 7) is 8.86. The quantitative estimate of drug-likeness (QED) is 0.942. The topological polar surface area (TPSA) is 64.1 Å². The van der Waals surface area contributed by atoms with Gasteiger partial charge in [-0.1, -0.05) is 38.5 Å². The first-order chi connectivity index (χ1) is 10.8. The molecule has 0 aliphatic carbocycles. The normalized spacial score (nSPS) is 11.2. The van der Waals surface area contributed by atoms with Gasteiger partial charge in [-0.2, -0.15) is 0 Å². The van der Waals surface area contributed by atoms with E-state index in [0.717, 1.165) is 22.4 Å². The number of ether oxygens (including phenoxy) is 1. The van der Waals surface area contributed by atoms with Gasteiger partial charge in [0.1, 0.15) is 11.4 Å². The minimum atomic E-state index is -0.251. The summed E-state index contributed by atoms with van der Waals surface area (Å²) in [5, 5.41) is 2.87. The average Bonchev–Trinajstić information content (AvgIpc) is 2.52. The second-order valence-electron chi connectivity index (χ2n) is 6.53. The van der Waals surface area contributed by atoms with E-state index in [2.05, 4.69) is 42.1 Å². The molecular weight excluding hydrogens is 290 g/mol. The van der Waals surface area contributed by atoms with E-state index >= 15 is 0 Å². The third-order valence-corrected chi connectivity index (χ3v) is 3.56. The van der Waals surface area contributed by atoms with Crippen LogP contribution >= 0.6 is 0 Å². The van der Waals surface area contributed by atoms with Gasteiger partial charge >= 0.3 is 0 Å². The van der Waals surface area contributed by atoms with Crippen LogP contribution in [-0.4, -0.2) is 23.0 Å². The van der Waals surface area contributed by atoms with Crippen LogP contribution in [0.15, 0.2) is 30.7 Å². The van der Waals surface area contributed by atoms with E-state index < -0.39 is 0 Å². The highest BCUT2D eigenvalue weighted by Gasteiger charge is 2.22. The molecule has 0 atom stereocenters. The molecule has 0 radical (unpaired) electrons. The van der Waals surface area contributed by atoms with Gasteiger partial charge in [-0.15, -0.1) is 0 Å². The number of nitrogens with one attached hydrogen (secondary N) is 1. The van der Waals surface area contributed by atoms with Crippen LogP contribution in [-0.2, 0) is 12.0 Å². The Morgan fingerprint density at radius 3 is 2.57 bits per heavy atom. The van der Waals surface area contributed by atoms with Gasteiger partial charge in [0.25, 0.3) is 5.91 Å². The predicted octanol–water partition coefficient (Wildman–Crippen LogP) is 3.02. The molecule has 1 heterocycles. The Bertz CT molecular complexity index is 691. The first kappa shape index (κ1) is 16.9. The number of nitrogens with zero attached hydrogens (tertiary/aromatic N) is 2. The average molecular weight is 313 g/mol. The number of carbonyl (C=O) groups is 1. The van der Waals surface area contributed by atoms with E-state index in [1.165, 1.54) is 18.6 Å². The summed E-state index contributed by atoms with van der Waals surface area (Å²) in [5.41, 5.74) is 3.48. The summed E-state index contributed by atoms with van der Waals surface area (Å²) in [4.78, 5) is 20.0. The van der Waals surface area contributed by atoms with Crippen LogP contribution in [0.25, 0.3) is 0 Å². The predicted molar refractivity (Wildman–Crippen MR) is 89.6 cm³/mol. The maximum atomic E-state index is 12.1. The van der Waals surface area contributed by atoms with E-state index in [9.17, 15) is 4.79 Å². The lowest BCUT2D eigenvalue weighted by Crippen LogP contribution is -2.25. The molecule has 1 aromatic heterocycles. The standard InChI is InChI=1S/C18H23N3O2/c1-12-8-13(16(23-5)14(9-12)18(2,3)4)10-21-17(22)15-11-19-6-7-20-15/h6-9,11H,10H2,1-5H3,(H,21,22). The Labute approximate surface area is 137 Å². The molecule has 0 unspecified atom stereocenters. The second-order valence-corrected chi connectivity index (χ2v) is 6.53. The number of methoxy groups -OCH3 is 1. The molecule has 1 amide bonds. The molecule has 1 aromatic carbocycles. The Morgan fingerprint density at radius 2 is 2.00 bits per heavy atom. The fourth-order valence-electron chi connectivity index (χ4n) is 2.46. The lowest BCUT2D eigenvalue weighted by Gasteiger charge is -2.25. The number of rotatable bonds is 4. The molecule has 0 aliphatic heterocycles. The number of aryl methyl sites for hydroxylation is 1. The van der Waals surface area contributed by atoms with Crippen LogP contribution < -0.4 is 10.1 Å². The van der Waals surface area contributed by atoms with E-state index in [-0.39, 0.29) is 11.3 Å². The maximum absolute atomic E-state index is 12.1. The number of aromatic nitrogens is 2. The van der Waals surface area contributed by atoms with Crippen molar-refractivity contribution >= 4 is 5.91 Å². The molecule has 1 N–H and O–H groups in total. The van der Waals surface area contributed by atoms with E-state index in [1.807, 2.05) is 13.0 Å². The van der Waals surface area contributed by atoms with Crippen molar-refractivity contribution in [1.82, 2.24) is 15.3 Å². The molecule has 0 saturated carbocycles. The minimum absolute atomic E-state index is 0.0406. The fraction of sp³-hybridized carbons (Fsp3) is 0.389. The van der Waals surface area contributed by atoms with Crippen LogP contribution in [0.5, 0.6) is 5.75 Å². The van der Waals surface area contributed by atoms with Crippen molar-refractivity contribution in [2.75, 3.05) is 7.11 Å². The van der Waals surface area contributed by atoms with Crippen LogP contribution in [0.2, 0.25) is 0 Å². The van der Waals surface area contributed by atoms with E-state index in [0.29, 0.717) is 12.2 Å². The van der Waals surface area contributed by atoms with Crippen molar-refractivity contribution in [3.63, 3.8) is 0 Å². The summed E-state index contributed by atoms with van der Waals surface area (Å²) < 4.78 is 5.62. The molecule has 2 aromatic rings. The zero-order chi connectivity index (χ0) is 17.0. The third-order valence-electron chi connectivity index (χ3n) is 3.56. The molecular formula is C18H23N3O2. The van der Waals surface area contributed by atoms with Crippen LogP contribution in [0.3, 0.4) is 0 Å². The van der Waals surface area contributed by atoms with Gasteiger partial charge in [-0.3, -0.25) is 9.78 Å². The second kappa shape index (κ2) is 6.77. The third kappa shape index (κ3) is 4.06. The van der Waals surface area contributed by atoms with Gasteiger partial charge in [-0.25, -0.2) is 4.98 Å². The summed E-state index contributed by atoms with van der Waals surface area (Å²) in [6.07, 6.45) is 4.49. The van der Waals surface area contributed by atoms with Crippen molar-refractivity contribution in [3.05, 3.63) is 53.1 Å². The van der Waals surface area contributed by atoms with E-state index in [4.69, 9.17) is 4.74 Å². The van der Waals surface area contributed by atoms with Gasteiger partial charge in [0.05, 0.1) is 13.3 Å². The van der Waals surface area contributed by atoms with Crippen molar-refractivity contribution in [1.29, 1.82) is 0 Å². The lowest BCUT2D eigenvalue weighted by atomic mass is 9.84. The Hall–Kier alpha value is -2.43. The van der Waals surface area contributed by atoms with Gasteiger partial charge in [-0.05, 0) is 12.3 Å². The Balaban J connectivity index is 2.26. The Morgan fingerprint density at radius 1 is 1.26 bits per heavy atom. The number of benzene rings is 1. The minimum Gasteiger partial charge on any atom is -0.496 e. The molecule has 0 spiro atoms. The molecule has 0 saturated heterocycles. The number of hydrogen-bond acceptors (Lipinski definition) is 4. The summed E-state index contributed by atoms with van der Waals surface area (Å²) >= 11 is 0. The van der Waals surface area contributed by atoms with Gasteiger partial charge in [0.15, 0.2) is 0 Å².